The molecule has 1 aromatic carbocycles. The smallest absolute Gasteiger partial charge is 0.243 e. The van der Waals surface area contributed by atoms with Gasteiger partial charge in [0.2, 0.25) is 15.9 Å². The van der Waals surface area contributed by atoms with E-state index in [2.05, 4.69) is 5.32 Å². The number of nitrogens with zero attached hydrogens (tertiary/aromatic N) is 1. The van der Waals surface area contributed by atoms with Gasteiger partial charge >= 0.3 is 0 Å². The Balaban J connectivity index is 2.06. The van der Waals surface area contributed by atoms with Gasteiger partial charge in [0.05, 0.1) is 24.0 Å². The molecule has 9 heteroatoms. The van der Waals surface area contributed by atoms with Crippen LogP contribution in [0, 0.1) is 6.92 Å². The number of sulfonamides is 1. The Morgan fingerprint density at radius 2 is 2.11 bits per heavy atom. The van der Waals surface area contributed by atoms with E-state index in [-0.39, 0.29) is 5.91 Å². The molecular weight excluding hydrogens is 420 g/mol. The van der Waals surface area contributed by atoms with E-state index >= 15 is 0 Å². The lowest BCUT2D eigenvalue weighted by atomic mass is 10.1. The van der Waals surface area contributed by atoms with Gasteiger partial charge in [-0.3, -0.25) is 9.10 Å². The maximum Gasteiger partial charge on any atom is 0.243 e. The molecule has 0 spiro atoms. The molecule has 1 aromatic heterocycles. The Kier molecular flexibility index (Phi) is 8.27. The lowest BCUT2D eigenvalue weighted by Gasteiger charge is -2.31. The molecule has 0 saturated heterocycles. The van der Waals surface area contributed by atoms with E-state index < -0.39 is 16.1 Å². The van der Waals surface area contributed by atoms with Crippen molar-refractivity contribution in [1.82, 2.24) is 5.32 Å². The molecule has 154 valence electrons. The second-order valence-electron chi connectivity index (χ2n) is 6.34. The summed E-state index contributed by atoms with van der Waals surface area (Å²) in [6, 6.07) is 7.90. The van der Waals surface area contributed by atoms with Gasteiger partial charge in [-0.1, -0.05) is 24.6 Å². The normalized spacial score (nSPS) is 12.6. The number of benzene rings is 1. The summed E-state index contributed by atoms with van der Waals surface area (Å²) in [6.07, 6.45) is 3.06. The molecule has 0 aliphatic rings. The number of halogens is 1. The van der Waals surface area contributed by atoms with Crippen molar-refractivity contribution < 1.29 is 17.6 Å². The second kappa shape index (κ2) is 10.2. The first-order valence-electron chi connectivity index (χ1n) is 8.87. The fourth-order valence-corrected chi connectivity index (χ4v) is 4.97. The highest BCUT2D eigenvalue weighted by molar-refractivity contribution is 7.98. The average Bonchev–Trinajstić information content (AvgIpc) is 3.14. The van der Waals surface area contributed by atoms with Gasteiger partial charge in [-0.05, 0) is 43.2 Å². The van der Waals surface area contributed by atoms with Crippen molar-refractivity contribution in [3.63, 3.8) is 0 Å². The number of thioether (sulfide) groups is 1. The third-order valence-corrected chi connectivity index (χ3v) is 6.49. The summed E-state index contributed by atoms with van der Waals surface area (Å²) in [4.78, 5) is 12.7. The minimum Gasteiger partial charge on any atom is -0.468 e. The van der Waals surface area contributed by atoms with E-state index in [1.165, 1.54) is 4.31 Å². The van der Waals surface area contributed by atoms with Crippen molar-refractivity contribution in [2.24, 2.45) is 0 Å². The Hall–Kier alpha value is -1.64. The topological polar surface area (TPSA) is 79.6 Å². The molecule has 0 bridgehead atoms. The molecule has 28 heavy (non-hydrogen) atoms. The highest BCUT2D eigenvalue weighted by Crippen LogP contribution is 2.29. The van der Waals surface area contributed by atoms with Gasteiger partial charge in [0.25, 0.3) is 0 Å². The zero-order chi connectivity index (χ0) is 20.7. The number of aryl methyl sites for hydroxylation is 1. The summed E-state index contributed by atoms with van der Waals surface area (Å²) >= 11 is 7.70. The molecule has 0 radical (unpaired) electrons. The Labute approximate surface area is 175 Å². The van der Waals surface area contributed by atoms with Crippen molar-refractivity contribution in [3.8, 4) is 0 Å². The summed E-state index contributed by atoms with van der Waals surface area (Å²) in [7, 11) is -3.68. The molecule has 0 saturated carbocycles. The first-order chi connectivity index (χ1) is 13.2. The molecule has 1 amide bonds. The predicted molar refractivity (Wildman–Crippen MR) is 115 cm³/mol. The number of carbonyl (C=O) groups is 1. The molecule has 0 aliphatic heterocycles. The van der Waals surface area contributed by atoms with Gasteiger partial charge in [-0.15, -0.1) is 0 Å². The molecule has 1 atom stereocenters. The molecule has 0 fully saturated rings. The second-order valence-corrected chi connectivity index (χ2v) is 9.74. The van der Waals surface area contributed by atoms with Crippen molar-refractivity contribution in [2.75, 3.05) is 22.9 Å². The summed E-state index contributed by atoms with van der Waals surface area (Å²) in [5.74, 6) is 1.96. The van der Waals surface area contributed by atoms with Crippen molar-refractivity contribution >= 4 is 45.0 Å². The van der Waals surface area contributed by atoms with E-state index in [1.54, 1.807) is 50.1 Å². The van der Waals surface area contributed by atoms with E-state index in [1.807, 2.05) is 12.1 Å². The lowest BCUT2D eigenvalue weighted by molar-refractivity contribution is -0.122. The van der Waals surface area contributed by atoms with Crippen LogP contribution in [0.1, 0.15) is 24.7 Å². The van der Waals surface area contributed by atoms with Crippen LogP contribution in [0.3, 0.4) is 0 Å². The number of amides is 1. The minimum absolute atomic E-state index is 0.328. The molecule has 2 aromatic rings. The zero-order valence-electron chi connectivity index (χ0n) is 16.1. The fourth-order valence-electron chi connectivity index (χ4n) is 2.79. The number of carbonyl (C=O) groups excluding carboxylic acids is 1. The maximum absolute atomic E-state index is 12.7. The summed E-state index contributed by atoms with van der Waals surface area (Å²) in [5, 5.41) is 3.26. The summed E-state index contributed by atoms with van der Waals surface area (Å²) < 4.78 is 31.4. The molecule has 1 heterocycles. The van der Waals surface area contributed by atoms with Crippen LogP contribution < -0.4 is 9.62 Å². The SMILES string of the molecule is CC[C@@H](C(=O)NCCSCc1ccco1)N(c1cc(Cl)ccc1C)S(C)(=O)=O. The standard InChI is InChI=1S/C19H25ClN2O4S2/c1-4-17(19(23)21-9-11-27-13-16-6-5-10-26-16)22(28(3,24)25)18-12-15(20)8-7-14(18)2/h5-8,10,12,17H,4,9,11,13H2,1-3H3,(H,21,23)/t17-/m0/s1. The van der Waals surface area contributed by atoms with Gasteiger partial charge in [0.15, 0.2) is 0 Å². The Morgan fingerprint density at radius 1 is 1.36 bits per heavy atom. The summed E-state index contributed by atoms with van der Waals surface area (Å²) in [5.41, 5.74) is 1.15. The summed E-state index contributed by atoms with van der Waals surface area (Å²) in [6.45, 7) is 4.01. The average molecular weight is 445 g/mol. The predicted octanol–water partition coefficient (Wildman–Crippen LogP) is 3.84. The number of furan rings is 1. The third kappa shape index (κ3) is 6.18. The number of hydrogen-bond donors (Lipinski definition) is 1. The van der Waals surface area contributed by atoms with Crippen LogP contribution in [-0.2, 0) is 20.6 Å². The Morgan fingerprint density at radius 3 is 2.71 bits per heavy atom. The van der Waals surface area contributed by atoms with Crippen molar-refractivity contribution in [2.45, 2.75) is 32.1 Å². The van der Waals surface area contributed by atoms with Gasteiger partial charge in [-0.25, -0.2) is 8.42 Å². The molecule has 2 rings (SSSR count). The van der Waals surface area contributed by atoms with Gasteiger partial charge in [0, 0.05) is 17.3 Å². The van der Waals surface area contributed by atoms with Crippen LogP contribution >= 0.6 is 23.4 Å². The maximum atomic E-state index is 12.7. The largest absolute Gasteiger partial charge is 0.468 e. The van der Waals surface area contributed by atoms with Crippen LogP contribution in [0.2, 0.25) is 5.02 Å². The van der Waals surface area contributed by atoms with Crippen LogP contribution in [-0.4, -0.2) is 38.9 Å². The van der Waals surface area contributed by atoms with Gasteiger partial charge < -0.3 is 9.73 Å². The van der Waals surface area contributed by atoms with E-state index in [9.17, 15) is 13.2 Å². The first kappa shape index (κ1) is 22.6. The molecular formula is C19H25ClN2O4S2. The van der Waals surface area contributed by atoms with E-state index in [4.69, 9.17) is 16.0 Å². The minimum atomic E-state index is -3.68. The monoisotopic (exact) mass is 444 g/mol. The van der Waals surface area contributed by atoms with Gasteiger partial charge in [-0.2, -0.15) is 11.8 Å². The first-order valence-corrected chi connectivity index (χ1v) is 12.3. The Bertz CT molecular complexity index is 885. The van der Waals surface area contributed by atoms with Crippen LogP contribution in [0.25, 0.3) is 0 Å². The molecule has 0 unspecified atom stereocenters. The van der Waals surface area contributed by atoms with Crippen molar-refractivity contribution in [3.05, 3.63) is 52.9 Å². The highest BCUT2D eigenvalue weighted by atomic mass is 35.5. The lowest BCUT2D eigenvalue weighted by Crippen LogP contribution is -2.50. The molecule has 0 aliphatic carbocycles. The number of nitrogens with one attached hydrogen (secondary N) is 1. The quantitative estimate of drug-likeness (QED) is 0.563. The third-order valence-electron chi connectivity index (χ3n) is 4.11. The molecule has 1 N–H and O–H groups in total. The van der Waals surface area contributed by atoms with Gasteiger partial charge in [0.1, 0.15) is 11.8 Å². The van der Waals surface area contributed by atoms with E-state index in [0.29, 0.717) is 29.4 Å². The zero-order valence-corrected chi connectivity index (χ0v) is 18.5. The van der Waals surface area contributed by atoms with Crippen molar-refractivity contribution in [1.29, 1.82) is 0 Å². The fraction of sp³-hybridized carbons (Fsp3) is 0.421. The number of rotatable bonds is 10. The van der Waals surface area contributed by atoms with E-state index in [0.717, 1.165) is 23.3 Å². The van der Waals surface area contributed by atoms with Crippen LogP contribution in [0.5, 0.6) is 0 Å². The van der Waals surface area contributed by atoms with Crippen LogP contribution in [0.4, 0.5) is 5.69 Å². The number of anilines is 1. The molecule has 6 nitrogen and oxygen atoms in total. The van der Waals surface area contributed by atoms with Crippen LogP contribution in [0.15, 0.2) is 41.0 Å². The highest BCUT2D eigenvalue weighted by Gasteiger charge is 2.32. The number of hydrogen-bond acceptors (Lipinski definition) is 5.